The summed E-state index contributed by atoms with van der Waals surface area (Å²) in [6.45, 7) is 1.86. The fourth-order valence-corrected chi connectivity index (χ4v) is 2.38. The molecule has 0 saturated carbocycles. The summed E-state index contributed by atoms with van der Waals surface area (Å²) in [5.74, 6) is 0.0515. The lowest BCUT2D eigenvalue weighted by Gasteiger charge is -2.22. The molecule has 2 aromatic rings. The van der Waals surface area contributed by atoms with Gasteiger partial charge < -0.3 is 9.64 Å². The van der Waals surface area contributed by atoms with Crippen molar-refractivity contribution >= 4 is 23.2 Å². The molecule has 5 nitrogen and oxygen atoms in total. The zero-order chi connectivity index (χ0) is 18.2. The van der Waals surface area contributed by atoms with Crippen molar-refractivity contribution in [3.63, 3.8) is 0 Å². The Kier molecular flexibility index (Phi) is 6.39. The van der Waals surface area contributed by atoms with Gasteiger partial charge in [-0.15, -0.1) is 0 Å². The van der Waals surface area contributed by atoms with Crippen LogP contribution in [0, 0.1) is 29.6 Å². The summed E-state index contributed by atoms with van der Waals surface area (Å²) in [5.41, 5.74) is 1.85. The largest absolute Gasteiger partial charge is 0.482 e. The van der Waals surface area contributed by atoms with Crippen LogP contribution in [0.2, 0.25) is 5.02 Å². The molecule has 0 aliphatic rings. The second kappa shape index (κ2) is 8.73. The lowest BCUT2D eigenvalue weighted by molar-refractivity contribution is -0.120. The molecule has 25 heavy (non-hydrogen) atoms. The molecule has 2 rings (SSSR count). The Morgan fingerprint density at radius 2 is 2.00 bits per heavy atom. The molecular weight excluding hydrogens is 338 g/mol. The van der Waals surface area contributed by atoms with Crippen LogP contribution in [0.15, 0.2) is 42.5 Å². The summed E-state index contributed by atoms with van der Waals surface area (Å²) >= 11 is 6.03. The first kappa shape index (κ1) is 18.3. The molecule has 0 aromatic heterocycles. The molecule has 0 bridgehead atoms. The van der Waals surface area contributed by atoms with Crippen molar-refractivity contribution in [1.82, 2.24) is 0 Å². The number of benzene rings is 2. The van der Waals surface area contributed by atoms with E-state index < -0.39 is 0 Å². The van der Waals surface area contributed by atoms with E-state index >= 15 is 0 Å². The average Bonchev–Trinajstić information content (AvgIpc) is 2.63. The fourth-order valence-electron chi connectivity index (χ4n) is 2.26. The highest BCUT2D eigenvalue weighted by atomic mass is 35.5. The minimum Gasteiger partial charge on any atom is -0.482 e. The number of nitrogens with zero attached hydrogens (tertiary/aromatic N) is 3. The molecule has 0 aliphatic carbocycles. The normalized spacial score (nSPS) is 9.76. The van der Waals surface area contributed by atoms with Crippen molar-refractivity contribution < 1.29 is 9.53 Å². The van der Waals surface area contributed by atoms with Gasteiger partial charge in [0.15, 0.2) is 6.61 Å². The van der Waals surface area contributed by atoms with Gasteiger partial charge in [-0.2, -0.15) is 10.5 Å². The third-order valence-electron chi connectivity index (χ3n) is 3.56. The second-order valence-electron chi connectivity index (χ2n) is 5.28. The minimum atomic E-state index is -0.301. The first-order chi connectivity index (χ1) is 12.1. The first-order valence-electron chi connectivity index (χ1n) is 7.62. The maximum absolute atomic E-state index is 12.6. The van der Waals surface area contributed by atoms with Crippen LogP contribution in [0.25, 0.3) is 0 Å². The van der Waals surface area contributed by atoms with Gasteiger partial charge in [-0.05, 0) is 42.8 Å². The molecule has 126 valence electrons. The van der Waals surface area contributed by atoms with Crippen molar-refractivity contribution in [2.24, 2.45) is 0 Å². The van der Waals surface area contributed by atoms with E-state index in [1.54, 1.807) is 42.5 Å². The molecule has 0 N–H and O–H groups in total. The maximum Gasteiger partial charge on any atom is 0.264 e. The Bertz CT molecular complexity index is 852. The number of nitriles is 2. The lowest BCUT2D eigenvalue weighted by Crippen LogP contribution is -2.35. The minimum absolute atomic E-state index is 0.197. The van der Waals surface area contributed by atoms with E-state index in [0.29, 0.717) is 22.0 Å². The standard InChI is InChI=1S/C19H16ClN3O2/c1-14-11-16(7-8-17(14)20)23(10-4-9-21)19(24)13-25-18-6-3-2-5-15(18)12-22/h2-3,5-8,11H,4,10,13H2,1H3. The molecule has 2 aromatic carbocycles. The highest BCUT2D eigenvalue weighted by Gasteiger charge is 2.17. The zero-order valence-corrected chi connectivity index (χ0v) is 14.5. The number of ether oxygens (including phenoxy) is 1. The third-order valence-corrected chi connectivity index (χ3v) is 3.98. The van der Waals surface area contributed by atoms with Gasteiger partial charge in [0.2, 0.25) is 0 Å². The highest BCUT2D eigenvalue weighted by Crippen LogP contribution is 2.23. The van der Waals surface area contributed by atoms with Crippen molar-refractivity contribution in [1.29, 1.82) is 10.5 Å². The second-order valence-corrected chi connectivity index (χ2v) is 5.69. The van der Waals surface area contributed by atoms with Crippen molar-refractivity contribution in [2.75, 3.05) is 18.1 Å². The quantitative estimate of drug-likeness (QED) is 0.790. The summed E-state index contributed by atoms with van der Waals surface area (Å²) in [6, 6.07) is 16.0. The maximum atomic E-state index is 12.6. The fraction of sp³-hybridized carbons (Fsp3) is 0.211. The number of hydrogen-bond donors (Lipinski definition) is 0. The predicted octanol–water partition coefficient (Wildman–Crippen LogP) is 3.85. The highest BCUT2D eigenvalue weighted by molar-refractivity contribution is 6.31. The number of hydrogen-bond acceptors (Lipinski definition) is 4. The van der Waals surface area contributed by atoms with Gasteiger partial charge in [0.25, 0.3) is 5.91 Å². The number of aryl methyl sites for hydroxylation is 1. The summed E-state index contributed by atoms with van der Waals surface area (Å²) in [6.07, 6.45) is 0.197. The Balaban J connectivity index is 2.17. The molecule has 0 saturated heterocycles. The Labute approximate surface area is 151 Å². The van der Waals surface area contributed by atoms with E-state index in [9.17, 15) is 4.79 Å². The number of carbonyl (C=O) groups is 1. The van der Waals surface area contributed by atoms with Crippen LogP contribution in [-0.2, 0) is 4.79 Å². The predicted molar refractivity (Wildman–Crippen MR) is 95.4 cm³/mol. The molecule has 0 aliphatic heterocycles. The van der Waals surface area contributed by atoms with Gasteiger partial charge in [0.1, 0.15) is 11.8 Å². The summed E-state index contributed by atoms with van der Waals surface area (Å²) in [5, 5.41) is 18.5. The van der Waals surface area contributed by atoms with Gasteiger partial charge in [-0.3, -0.25) is 4.79 Å². The van der Waals surface area contributed by atoms with Gasteiger partial charge in [-0.25, -0.2) is 0 Å². The van der Waals surface area contributed by atoms with Crippen LogP contribution in [0.1, 0.15) is 17.5 Å². The molecule has 0 atom stereocenters. The average molecular weight is 354 g/mol. The van der Waals surface area contributed by atoms with E-state index in [2.05, 4.69) is 0 Å². The molecule has 0 heterocycles. The number of carbonyl (C=O) groups excluding carboxylic acids is 1. The van der Waals surface area contributed by atoms with Crippen LogP contribution >= 0.6 is 11.6 Å². The smallest absolute Gasteiger partial charge is 0.264 e. The topological polar surface area (TPSA) is 77.1 Å². The van der Waals surface area contributed by atoms with Gasteiger partial charge in [0, 0.05) is 17.3 Å². The molecule has 0 radical (unpaired) electrons. The Hall–Kier alpha value is -3.02. The SMILES string of the molecule is Cc1cc(N(CCC#N)C(=O)COc2ccccc2C#N)ccc1Cl. The molecule has 0 spiro atoms. The van der Waals surface area contributed by atoms with Crippen LogP contribution in [0.5, 0.6) is 5.75 Å². The van der Waals surface area contributed by atoms with Crippen LogP contribution in [0.3, 0.4) is 0 Å². The number of amides is 1. The number of rotatable bonds is 6. The Morgan fingerprint density at radius 3 is 2.68 bits per heavy atom. The van der Waals surface area contributed by atoms with Gasteiger partial charge in [-0.1, -0.05) is 23.7 Å². The molecule has 1 amide bonds. The van der Waals surface area contributed by atoms with E-state index in [1.165, 1.54) is 4.90 Å². The van der Waals surface area contributed by atoms with Crippen LogP contribution in [-0.4, -0.2) is 19.1 Å². The van der Waals surface area contributed by atoms with E-state index in [-0.39, 0.29) is 25.5 Å². The summed E-state index contributed by atoms with van der Waals surface area (Å²) < 4.78 is 5.50. The number of anilines is 1. The van der Waals surface area contributed by atoms with Crippen molar-refractivity contribution in [3.8, 4) is 17.9 Å². The van der Waals surface area contributed by atoms with Crippen molar-refractivity contribution in [2.45, 2.75) is 13.3 Å². The first-order valence-corrected chi connectivity index (χ1v) is 8.00. The van der Waals surface area contributed by atoms with E-state index in [0.717, 1.165) is 5.56 Å². The van der Waals surface area contributed by atoms with E-state index in [4.69, 9.17) is 26.9 Å². The Morgan fingerprint density at radius 1 is 1.24 bits per heavy atom. The van der Waals surface area contributed by atoms with Crippen molar-refractivity contribution in [3.05, 3.63) is 58.6 Å². The third kappa shape index (κ3) is 4.73. The molecule has 0 unspecified atom stereocenters. The molecular formula is C19H16ClN3O2. The summed E-state index contributed by atoms with van der Waals surface area (Å²) in [4.78, 5) is 14.1. The zero-order valence-electron chi connectivity index (χ0n) is 13.7. The van der Waals surface area contributed by atoms with Gasteiger partial charge >= 0.3 is 0 Å². The van der Waals surface area contributed by atoms with E-state index in [1.807, 2.05) is 19.1 Å². The summed E-state index contributed by atoms with van der Waals surface area (Å²) in [7, 11) is 0. The monoisotopic (exact) mass is 353 g/mol. The molecule has 6 heteroatoms. The van der Waals surface area contributed by atoms with Crippen LogP contribution in [0.4, 0.5) is 5.69 Å². The number of para-hydroxylation sites is 1. The number of halogens is 1. The lowest BCUT2D eigenvalue weighted by atomic mass is 10.2. The molecule has 0 fully saturated rings. The van der Waals surface area contributed by atoms with Gasteiger partial charge in [0.05, 0.1) is 18.1 Å². The van der Waals surface area contributed by atoms with Crippen LogP contribution < -0.4 is 9.64 Å².